The summed E-state index contributed by atoms with van der Waals surface area (Å²) in [7, 11) is 0. The van der Waals surface area contributed by atoms with Gasteiger partial charge in [-0.3, -0.25) is 9.59 Å². The number of hydrogen-bond acceptors (Lipinski definition) is 5. The molecule has 35 heavy (non-hydrogen) atoms. The predicted octanol–water partition coefficient (Wildman–Crippen LogP) is 4.61. The Hall–Kier alpha value is -4.26. The van der Waals surface area contributed by atoms with E-state index < -0.39 is 0 Å². The van der Waals surface area contributed by atoms with Crippen molar-refractivity contribution in [2.45, 2.75) is 13.3 Å². The first kappa shape index (κ1) is 22.5. The minimum absolute atomic E-state index is 0.0114. The molecule has 2 aromatic heterocycles. The van der Waals surface area contributed by atoms with Crippen LogP contribution < -0.4 is 10.2 Å². The smallest absolute Gasteiger partial charge is 0.254 e. The zero-order valence-electron chi connectivity index (χ0n) is 19.6. The summed E-state index contributed by atoms with van der Waals surface area (Å²) >= 11 is 0. The van der Waals surface area contributed by atoms with E-state index in [2.05, 4.69) is 15.2 Å². The Kier molecular flexibility index (Phi) is 6.39. The molecule has 1 aliphatic rings. The van der Waals surface area contributed by atoms with Gasteiger partial charge in [-0.15, -0.1) is 0 Å². The molecule has 176 valence electrons. The van der Waals surface area contributed by atoms with Crippen molar-refractivity contribution in [1.82, 2.24) is 14.9 Å². The minimum atomic E-state index is -0.0300. The number of aromatic nitrogens is 2. The number of para-hydroxylation sites is 1. The molecule has 4 aromatic rings. The Balaban J connectivity index is 1.41. The maximum absolute atomic E-state index is 13.7. The summed E-state index contributed by atoms with van der Waals surface area (Å²) in [6.07, 6.45) is 2.22. The summed E-state index contributed by atoms with van der Waals surface area (Å²) in [5.41, 5.74) is 3.79. The fourth-order valence-corrected chi connectivity index (χ4v) is 4.32. The SMILES string of the molecule is CCC(=O)Nc1ccc(-c2cc(C(=O)N3CCN(c4ccccn4)CC3)c3ccccc3n2)cc1. The molecule has 0 aliphatic carbocycles. The van der Waals surface area contributed by atoms with Crippen molar-refractivity contribution >= 4 is 34.2 Å². The monoisotopic (exact) mass is 465 g/mol. The second-order valence-electron chi connectivity index (χ2n) is 8.52. The molecule has 0 bridgehead atoms. The summed E-state index contributed by atoms with van der Waals surface area (Å²) in [5.74, 6) is 0.921. The molecule has 0 spiro atoms. The molecule has 5 rings (SSSR count). The number of pyridine rings is 2. The fraction of sp³-hybridized carbons (Fsp3) is 0.214. The Morgan fingerprint density at radius 1 is 0.914 bits per heavy atom. The Morgan fingerprint density at radius 2 is 1.66 bits per heavy atom. The van der Waals surface area contributed by atoms with Crippen LogP contribution in [0.3, 0.4) is 0 Å². The average Bonchev–Trinajstić information content (AvgIpc) is 2.93. The van der Waals surface area contributed by atoms with Crippen LogP contribution in [0.15, 0.2) is 79.0 Å². The number of rotatable bonds is 5. The Bertz CT molecular complexity index is 1350. The molecule has 0 radical (unpaired) electrons. The number of piperazine rings is 1. The van der Waals surface area contributed by atoms with Gasteiger partial charge in [0.25, 0.3) is 5.91 Å². The maximum atomic E-state index is 13.7. The van der Waals surface area contributed by atoms with Crippen LogP contribution in [0.25, 0.3) is 22.2 Å². The van der Waals surface area contributed by atoms with Gasteiger partial charge in [0.2, 0.25) is 5.91 Å². The van der Waals surface area contributed by atoms with Gasteiger partial charge in [0.15, 0.2) is 0 Å². The van der Waals surface area contributed by atoms with Crippen molar-refractivity contribution < 1.29 is 9.59 Å². The van der Waals surface area contributed by atoms with E-state index in [4.69, 9.17) is 4.98 Å². The van der Waals surface area contributed by atoms with E-state index in [0.717, 1.165) is 46.8 Å². The lowest BCUT2D eigenvalue weighted by Gasteiger charge is -2.35. The third-order valence-electron chi connectivity index (χ3n) is 6.27. The molecular formula is C28H27N5O2. The number of benzene rings is 2. The first-order chi connectivity index (χ1) is 17.1. The first-order valence-electron chi connectivity index (χ1n) is 11.9. The highest BCUT2D eigenvalue weighted by molar-refractivity contribution is 6.07. The highest BCUT2D eigenvalue weighted by atomic mass is 16.2. The zero-order valence-corrected chi connectivity index (χ0v) is 19.6. The summed E-state index contributed by atoms with van der Waals surface area (Å²) in [6.45, 7) is 4.56. The predicted molar refractivity (Wildman–Crippen MR) is 138 cm³/mol. The highest BCUT2D eigenvalue weighted by Gasteiger charge is 2.25. The van der Waals surface area contributed by atoms with E-state index in [-0.39, 0.29) is 11.8 Å². The van der Waals surface area contributed by atoms with Gasteiger partial charge in [0, 0.05) is 55.4 Å². The average molecular weight is 466 g/mol. The van der Waals surface area contributed by atoms with Gasteiger partial charge in [0.05, 0.1) is 16.8 Å². The lowest BCUT2D eigenvalue weighted by molar-refractivity contribution is -0.115. The van der Waals surface area contributed by atoms with Crippen molar-refractivity contribution in [2.75, 3.05) is 36.4 Å². The van der Waals surface area contributed by atoms with Crippen LogP contribution in [0.5, 0.6) is 0 Å². The summed E-state index contributed by atoms with van der Waals surface area (Å²) in [5, 5.41) is 3.71. The number of fused-ring (bicyclic) bond motifs is 1. The van der Waals surface area contributed by atoms with Gasteiger partial charge >= 0.3 is 0 Å². The van der Waals surface area contributed by atoms with E-state index in [1.807, 2.05) is 84.6 Å². The minimum Gasteiger partial charge on any atom is -0.353 e. The summed E-state index contributed by atoms with van der Waals surface area (Å²) in [6, 6.07) is 23.1. The maximum Gasteiger partial charge on any atom is 0.254 e. The standard InChI is InChI=1S/C28H27N5O2/c1-2-27(34)30-21-12-10-20(11-13-21)25-19-23(22-7-3-4-8-24(22)31-25)28(35)33-17-15-32(16-18-33)26-9-5-6-14-29-26/h3-14,19H,2,15-18H2,1H3,(H,30,34). The van der Waals surface area contributed by atoms with Crippen molar-refractivity contribution in [3.05, 3.63) is 84.6 Å². The molecule has 0 atom stereocenters. The van der Waals surface area contributed by atoms with Gasteiger partial charge in [0.1, 0.15) is 5.82 Å². The number of nitrogens with one attached hydrogen (secondary N) is 1. The van der Waals surface area contributed by atoms with Crippen LogP contribution in [0.2, 0.25) is 0 Å². The first-order valence-corrected chi connectivity index (χ1v) is 11.9. The third kappa shape index (κ3) is 4.84. The normalized spacial score (nSPS) is 13.6. The number of nitrogens with zero attached hydrogens (tertiary/aromatic N) is 4. The molecule has 0 unspecified atom stereocenters. The number of hydrogen-bond donors (Lipinski definition) is 1. The molecule has 1 N–H and O–H groups in total. The van der Waals surface area contributed by atoms with Crippen LogP contribution in [-0.2, 0) is 4.79 Å². The second-order valence-corrected chi connectivity index (χ2v) is 8.52. The zero-order chi connectivity index (χ0) is 24.2. The van der Waals surface area contributed by atoms with Gasteiger partial charge in [-0.25, -0.2) is 9.97 Å². The largest absolute Gasteiger partial charge is 0.353 e. The molecule has 0 saturated carbocycles. The van der Waals surface area contributed by atoms with E-state index in [1.54, 1.807) is 6.20 Å². The number of carbonyl (C=O) groups is 2. The fourth-order valence-electron chi connectivity index (χ4n) is 4.32. The van der Waals surface area contributed by atoms with E-state index in [9.17, 15) is 9.59 Å². The molecule has 7 heteroatoms. The molecule has 3 heterocycles. The van der Waals surface area contributed by atoms with Crippen LogP contribution in [0.4, 0.5) is 11.5 Å². The number of amides is 2. The Labute approximate surface area is 204 Å². The molecule has 2 amide bonds. The van der Waals surface area contributed by atoms with Gasteiger partial charge in [-0.1, -0.05) is 43.3 Å². The van der Waals surface area contributed by atoms with Crippen molar-refractivity contribution in [2.24, 2.45) is 0 Å². The summed E-state index contributed by atoms with van der Waals surface area (Å²) < 4.78 is 0. The van der Waals surface area contributed by atoms with Crippen LogP contribution >= 0.6 is 0 Å². The van der Waals surface area contributed by atoms with E-state index >= 15 is 0 Å². The van der Waals surface area contributed by atoms with Crippen molar-refractivity contribution in [3.63, 3.8) is 0 Å². The van der Waals surface area contributed by atoms with Crippen molar-refractivity contribution in [3.8, 4) is 11.3 Å². The lowest BCUT2D eigenvalue weighted by atomic mass is 10.0. The Morgan fingerprint density at radius 3 is 2.37 bits per heavy atom. The highest BCUT2D eigenvalue weighted by Crippen LogP contribution is 2.27. The third-order valence-corrected chi connectivity index (χ3v) is 6.27. The van der Waals surface area contributed by atoms with Crippen LogP contribution in [-0.4, -0.2) is 52.9 Å². The lowest BCUT2D eigenvalue weighted by Crippen LogP contribution is -2.49. The van der Waals surface area contributed by atoms with Gasteiger partial charge in [-0.2, -0.15) is 0 Å². The molecule has 1 fully saturated rings. The topological polar surface area (TPSA) is 78.4 Å². The quantitative estimate of drug-likeness (QED) is 0.466. The van der Waals surface area contributed by atoms with Crippen molar-refractivity contribution in [1.29, 1.82) is 0 Å². The number of carbonyl (C=O) groups excluding carboxylic acids is 2. The molecule has 1 saturated heterocycles. The number of anilines is 2. The molecular weight excluding hydrogens is 438 g/mol. The van der Waals surface area contributed by atoms with Gasteiger partial charge < -0.3 is 15.1 Å². The van der Waals surface area contributed by atoms with Gasteiger partial charge in [-0.05, 0) is 36.4 Å². The second kappa shape index (κ2) is 9.93. The van der Waals surface area contributed by atoms with E-state index in [1.165, 1.54) is 0 Å². The molecule has 2 aromatic carbocycles. The van der Waals surface area contributed by atoms with Crippen LogP contribution in [0.1, 0.15) is 23.7 Å². The molecule has 7 nitrogen and oxygen atoms in total. The molecule has 1 aliphatic heterocycles. The van der Waals surface area contributed by atoms with Crippen LogP contribution in [0, 0.1) is 0 Å². The van der Waals surface area contributed by atoms with E-state index in [0.29, 0.717) is 25.1 Å². The summed E-state index contributed by atoms with van der Waals surface area (Å²) in [4.78, 5) is 38.7.